The van der Waals surface area contributed by atoms with Crippen LogP contribution in [-0.4, -0.2) is 37.1 Å². The van der Waals surface area contributed by atoms with Crippen LogP contribution >= 0.6 is 0 Å². The average Bonchev–Trinajstić information content (AvgIpc) is 2.38. The Morgan fingerprint density at radius 3 is 0.667 bits per heavy atom. The molecule has 0 unspecified atom stereocenters. The highest BCUT2D eigenvalue weighted by molar-refractivity contribution is 5.25. The molecule has 0 heterocycles. The van der Waals surface area contributed by atoms with E-state index < -0.39 is 72.6 Å². The van der Waals surface area contributed by atoms with E-state index in [-0.39, 0.29) is 0 Å². The molecule has 0 aromatic heterocycles. The van der Waals surface area contributed by atoms with Crippen LogP contribution < -0.4 is 0 Å². The Bertz CT molecular complexity index is 547. The third kappa shape index (κ3) is 2.86. The highest BCUT2D eigenvalue weighted by Gasteiger charge is 3.04. The number of hydrogen-bond donors (Lipinski definition) is 0. The van der Waals surface area contributed by atoms with Gasteiger partial charge in [0.2, 0.25) is 5.41 Å². The van der Waals surface area contributed by atoms with E-state index in [0.717, 1.165) is 0 Å². The minimum atomic E-state index is -8.38. The van der Waals surface area contributed by atoms with Gasteiger partial charge in [-0.1, -0.05) is 6.42 Å². The van der Waals surface area contributed by atoms with Gasteiger partial charge in [-0.25, -0.2) is 0 Å². The molecule has 0 aromatic rings. The molecule has 1 aliphatic rings. The highest BCUT2D eigenvalue weighted by Crippen LogP contribution is 2.84. The lowest BCUT2D eigenvalue weighted by Gasteiger charge is -2.62. The molecular formula is C12H6F18. The van der Waals surface area contributed by atoms with Crippen LogP contribution in [0.4, 0.5) is 79.0 Å². The molecule has 0 N–H and O–H groups in total. The van der Waals surface area contributed by atoms with Crippen molar-refractivity contribution in [3.05, 3.63) is 0 Å². The maximum Gasteiger partial charge on any atom is 0.405 e. The largest absolute Gasteiger partial charge is 0.405 e. The number of halogens is 18. The van der Waals surface area contributed by atoms with E-state index in [1.54, 1.807) is 0 Å². The van der Waals surface area contributed by atoms with Gasteiger partial charge in [0.1, 0.15) is 0 Å². The van der Waals surface area contributed by atoms with Crippen molar-refractivity contribution in [1.82, 2.24) is 0 Å². The summed E-state index contributed by atoms with van der Waals surface area (Å²) >= 11 is 0. The minimum Gasteiger partial charge on any atom is -0.170 e. The Kier molecular flexibility index (Phi) is 5.70. The van der Waals surface area contributed by atoms with Crippen LogP contribution in [0.1, 0.15) is 19.3 Å². The molecule has 0 aromatic carbocycles. The molecule has 1 rings (SSSR count). The van der Waals surface area contributed by atoms with Crippen molar-refractivity contribution in [3.63, 3.8) is 0 Å². The van der Waals surface area contributed by atoms with E-state index in [1.165, 1.54) is 0 Å². The fourth-order valence-electron chi connectivity index (χ4n) is 4.23. The van der Waals surface area contributed by atoms with Gasteiger partial charge in [-0.05, 0) is 12.8 Å². The topological polar surface area (TPSA) is 0 Å². The fraction of sp³-hybridized carbons (Fsp3) is 1.00. The Balaban J connectivity index is 4.67. The van der Waals surface area contributed by atoms with Crippen molar-refractivity contribution in [2.75, 3.05) is 0 Å². The maximum atomic E-state index is 13.5. The van der Waals surface area contributed by atoms with Gasteiger partial charge < -0.3 is 0 Å². The maximum absolute atomic E-state index is 13.5. The van der Waals surface area contributed by atoms with Gasteiger partial charge in [0, 0.05) is 0 Å². The highest BCUT2D eigenvalue weighted by atomic mass is 19.4. The Morgan fingerprint density at radius 1 is 0.333 bits per heavy atom. The summed E-state index contributed by atoms with van der Waals surface area (Å²) < 4.78 is 241. The van der Waals surface area contributed by atoms with E-state index in [9.17, 15) is 79.0 Å². The predicted molar refractivity (Wildman–Crippen MR) is 57.5 cm³/mol. The molecular weight excluding hydrogens is 486 g/mol. The van der Waals surface area contributed by atoms with Gasteiger partial charge in [0.25, 0.3) is 0 Å². The monoisotopic (exact) mass is 492 g/mol. The second-order valence-corrected chi connectivity index (χ2v) is 6.40. The van der Waals surface area contributed by atoms with Crippen molar-refractivity contribution in [1.29, 1.82) is 0 Å². The Morgan fingerprint density at radius 2 is 0.533 bits per heavy atom. The Hall–Kier alpha value is -1.26. The summed E-state index contributed by atoms with van der Waals surface area (Å²) in [5.74, 6) is 0. The van der Waals surface area contributed by atoms with Crippen LogP contribution in [0.2, 0.25) is 0 Å². The van der Waals surface area contributed by atoms with Crippen LogP contribution in [0.15, 0.2) is 0 Å². The average molecular weight is 492 g/mol. The van der Waals surface area contributed by atoms with E-state index in [0.29, 0.717) is 0 Å². The molecule has 1 saturated carbocycles. The quantitative estimate of drug-likeness (QED) is 0.307. The summed E-state index contributed by atoms with van der Waals surface area (Å²) in [6.45, 7) is 0. The molecule has 1 fully saturated rings. The molecule has 0 amide bonds. The third-order valence-corrected chi connectivity index (χ3v) is 5.17. The first-order chi connectivity index (χ1) is 12.7. The van der Waals surface area contributed by atoms with E-state index in [4.69, 9.17) is 0 Å². The van der Waals surface area contributed by atoms with Crippen molar-refractivity contribution in [3.8, 4) is 0 Å². The number of alkyl halides is 18. The van der Waals surface area contributed by atoms with Crippen LogP contribution in [0.3, 0.4) is 0 Å². The van der Waals surface area contributed by atoms with E-state index in [2.05, 4.69) is 0 Å². The molecule has 0 spiro atoms. The SMILES string of the molecule is FC(F)(F)C1(C(F)(F)F)CCCC(C(F)(F)F)(C(F)(F)F)C1(C(F)(F)F)C(F)(F)F. The van der Waals surface area contributed by atoms with Crippen molar-refractivity contribution in [2.45, 2.75) is 56.3 Å². The smallest absolute Gasteiger partial charge is 0.170 e. The summed E-state index contributed by atoms with van der Waals surface area (Å²) in [4.78, 5) is 0. The molecule has 180 valence electrons. The second-order valence-electron chi connectivity index (χ2n) is 6.40. The molecule has 0 radical (unpaired) electrons. The normalized spacial score (nSPS) is 23.4. The summed E-state index contributed by atoms with van der Waals surface area (Å²) in [7, 11) is 0. The standard InChI is InChI=1S/C12H6F18/c13-7(14,15)4(8(16,17)18)2-1-3-5(9(19,20)21,10(22,23)24)6(4,11(25,26)27)12(28,29)30/h1-3H2. The Labute approximate surface area is 153 Å². The molecule has 0 aliphatic heterocycles. The first-order valence-corrected chi connectivity index (χ1v) is 7.11. The van der Waals surface area contributed by atoms with E-state index in [1.807, 2.05) is 0 Å². The minimum absolute atomic E-state index is 2.55. The molecule has 30 heavy (non-hydrogen) atoms. The van der Waals surface area contributed by atoms with Crippen molar-refractivity contribution in [2.24, 2.45) is 16.2 Å². The first kappa shape index (κ1) is 26.8. The lowest BCUT2D eigenvalue weighted by Crippen LogP contribution is -2.82. The lowest BCUT2D eigenvalue weighted by atomic mass is 9.42. The lowest BCUT2D eigenvalue weighted by molar-refractivity contribution is -0.553. The van der Waals surface area contributed by atoms with Crippen LogP contribution in [-0.2, 0) is 0 Å². The summed E-state index contributed by atoms with van der Waals surface area (Å²) in [5, 5.41) is 0. The van der Waals surface area contributed by atoms with E-state index >= 15 is 0 Å². The van der Waals surface area contributed by atoms with Crippen molar-refractivity contribution < 1.29 is 79.0 Å². The second kappa shape index (κ2) is 6.38. The number of rotatable bonds is 0. The molecule has 0 atom stereocenters. The van der Waals surface area contributed by atoms with Gasteiger partial charge in [-0.2, -0.15) is 79.0 Å². The summed E-state index contributed by atoms with van der Waals surface area (Å²) in [6.07, 6.45) is -57.5. The predicted octanol–water partition coefficient (Wildman–Crippen LogP) is 7.50. The number of hydrogen-bond acceptors (Lipinski definition) is 0. The van der Waals surface area contributed by atoms with Crippen LogP contribution in [0, 0.1) is 16.2 Å². The zero-order chi connectivity index (χ0) is 24.6. The van der Waals surface area contributed by atoms with Gasteiger partial charge in [-0.3, -0.25) is 0 Å². The van der Waals surface area contributed by atoms with Gasteiger partial charge in [0.05, 0.1) is 0 Å². The first-order valence-electron chi connectivity index (χ1n) is 7.11. The zero-order valence-corrected chi connectivity index (χ0v) is 13.4. The third-order valence-electron chi connectivity index (χ3n) is 5.17. The van der Waals surface area contributed by atoms with Crippen molar-refractivity contribution >= 4 is 0 Å². The summed E-state index contributed by atoms with van der Waals surface area (Å²) in [6, 6.07) is 0. The van der Waals surface area contributed by atoms with Gasteiger partial charge in [-0.15, -0.1) is 0 Å². The molecule has 18 heteroatoms. The molecule has 0 bridgehead atoms. The zero-order valence-electron chi connectivity index (χ0n) is 13.4. The fourth-order valence-corrected chi connectivity index (χ4v) is 4.23. The molecule has 0 nitrogen and oxygen atoms in total. The van der Waals surface area contributed by atoms with Crippen LogP contribution in [0.25, 0.3) is 0 Å². The van der Waals surface area contributed by atoms with Gasteiger partial charge in [0.15, 0.2) is 10.8 Å². The molecule has 0 saturated heterocycles. The van der Waals surface area contributed by atoms with Gasteiger partial charge >= 0.3 is 37.1 Å². The van der Waals surface area contributed by atoms with Crippen LogP contribution in [0.5, 0.6) is 0 Å². The summed E-state index contributed by atoms with van der Waals surface area (Å²) in [5.41, 5.74) is -23.4. The molecule has 1 aliphatic carbocycles.